The van der Waals surface area contributed by atoms with Crippen LogP contribution in [0.5, 0.6) is 0 Å². The van der Waals surface area contributed by atoms with E-state index in [4.69, 9.17) is 5.73 Å². The Hall–Kier alpha value is -2.62. The molecular formula is C19H21N3O. The van der Waals surface area contributed by atoms with E-state index in [9.17, 15) is 4.79 Å². The van der Waals surface area contributed by atoms with Gasteiger partial charge in [0.05, 0.1) is 11.3 Å². The first kappa shape index (κ1) is 15.3. The van der Waals surface area contributed by atoms with Crippen LogP contribution >= 0.6 is 0 Å². The highest BCUT2D eigenvalue weighted by molar-refractivity contribution is 6.06. The van der Waals surface area contributed by atoms with Crippen LogP contribution in [-0.4, -0.2) is 15.5 Å². The van der Waals surface area contributed by atoms with Crippen molar-refractivity contribution in [1.29, 1.82) is 0 Å². The summed E-state index contributed by atoms with van der Waals surface area (Å²) in [6, 6.07) is 10.1. The maximum absolute atomic E-state index is 12.1. The Bertz CT molecular complexity index is 922. The number of aryl methyl sites for hydroxylation is 3. The summed E-state index contributed by atoms with van der Waals surface area (Å²) in [6.07, 6.45) is 0.748. The fourth-order valence-corrected chi connectivity index (χ4v) is 3.30. The molecule has 0 spiro atoms. The van der Waals surface area contributed by atoms with Crippen LogP contribution in [0.15, 0.2) is 30.3 Å². The fourth-order valence-electron chi connectivity index (χ4n) is 3.30. The molecule has 0 fully saturated rings. The minimum atomic E-state index is -0.420. The summed E-state index contributed by atoms with van der Waals surface area (Å²) in [5.41, 5.74) is 12.0. The number of para-hydroxylation sites is 1. The molecule has 2 heterocycles. The Morgan fingerprint density at radius 1 is 1.26 bits per heavy atom. The number of carbonyl (C=O) groups excluding carboxylic acids is 1. The lowest BCUT2D eigenvalue weighted by molar-refractivity contribution is 0.1000. The van der Waals surface area contributed by atoms with Crippen molar-refractivity contribution in [2.45, 2.75) is 27.2 Å². The van der Waals surface area contributed by atoms with Crippen LogP contribution in [0, 0.1) is 13.8 Å². The molecule has 4 heteroatoms. The van der Waals surface area contributed by atoms with E-state index in [-0.39, 0.29) is 0 Å². The zero-order valence-electron chi connectivity index (χ0n) is 14.0. The van der Waals surface area contributed by atoms with E-state index in [1.165, 1.54) is 0 Å². The number of amides is 1. The third kappa shape index (κ3) is 2.31. The molecule has 0 bridgehead atoms. The van der Waals surface area contributed by atoms with Crippen LogP contribution in [0.4, 0.5) is 0 Å². The fraction of sp³-hybridized carbons (Fsp3) is 0.263. The molecule has 0 saturated carbocycles. The normalized spacial score (nSPS) is 11.1. The largest absolute Gasteiger partial charge is 0.366 e. The molecule has 0 radical (unpaired) electrons. The minimum Gasteiger partial charge on any atom is -0.366 e. The molecule has 0 unspecified atom stereocenters. The van der Waals surface area contributed by atoms with Gasteiger partial charge in [-0.25, -0.2) is 0 Å². The third-order valence-electron chi connectivity index (χ3n) is 4.49. The molecule has 2 N–H and O–H groups in total. The monoisotopic (exact) mass is 307 g/mol. The Morgan fingerprint density at radius 2 is 1.96 bits per heavy atom. The zero-order chi connectivity index (χ0) is 16.7. The van der Waals surface area contributed by atoms with Crippen LogP contribution in [0.1, 0.15) is 34.2 Å². The standard InChI is InChI=1S/C19H21N3O/c1-5-13-10-11(2)21-18(17(13)19(20)23)16-12(3)22(4)15-9-7-6-8-14(15)16/h6-10H,5H2,1-4H3,(H2,20,23). The quantitative estimate of drug-likeness (QED) is 0.804. The predicted molar refractivity (Wildman–Crippen MR) is 93.5 cm³/mol. The number of hydrogen-bond donors (Lipinski definition) is 1. The highest BCUT2D eigenvalue weighted by Gasteiger charge is 2.22. The van der Waals surface area contributed by atoms with E-state index in [1.54, 1.807) is 0 Å². The second kappa shape index (κ2) is 5.54. The van der Waals surface area contributed by atoms with Crippen molar-refractivity contribution >= 4 is 16.8 Å². The number of primary amides is 1. The van der Waals surface area contributed by atoms with Gasteiger partial charge in [0.25, 0.3) is 5.91 Å². The number of fused-ring (bicyclic) bond motifs is 1. The number of benzene rings is 1. The topological polar surface area (TPSA) is 60.9 Å². The lowest BCUT2D eigenvalue weighted by atomic mass is 9.96. The number of carbonyl (C=O) groups is 1. The zero-order valence-corrected chi connectivity index (χ0v) is 14.0. The number of nitrogens with two attached hydrogens (primary N) is 1. The molecular weight excluding hydrogens is 286 g/mol. The first-order valence-corrected chi connectivity index (χ1v) is 7.80. The van der Waals surface area contributed by atoms with Gasteiger partial charge in [-0.1, -0.05) is 25.1 Å². The Morgan fingerprint density at radius 3 is 2.61 bits per heavy atom. The predicted octanol–water partition coefficient (Wildman–Crippen LogP) is 3.52. The van der Waals surface area contributed by atoms with E-state index in [0.717, 1.165) is 39.8 Å². The molecule has 1 amide bonds. The Balaban J connectivity index is 2.47. The van der Waals surface area contributed by atoms with Gasteiger partial charge in [-0.3, -0.25) is 9.78 Å². The average Bonchev–Trinajstić information content (AvgIpc) is 2.78. The first-order valence-electron chi connectivity index (χ1n) is 7.80. The summed E-state index contributed by atoms with van der Waals surface area (Å²) in [6.45, 7) is 6.03. The van der Waals surface area contributed by atoms with Gasteiger partial charge in [0, 0.05) is 34.9 Å². The van der Waals surface area contributed by atoms with Gasteiger partial charge in [0.15, 0.2) is 0 Å². The lowest BCUT2D eigenvalue weighted by Crippen LogP contribution is -2.17. The number of pyridine rings is 1. The summed E-state index contributed by atoms with van der Waals surface area (Å²) in [5, 5.41) is 1.09. The molecule has 4 nitrogen and oxygen atoms in total. The molecule has 23 heavy (non-hydrogen) atoms. The van der Waals surface area contributed by atoms with Crippen LogP contribution in [-0.2, 0) is 13.5 Å². The van der Waals surface area contributed by atoms with Crippen molar-refractivity contribution in [2.75, 3.05) is 0 Å². The van der Waals surface area contributed by atoms with E-state index >= 15 is 0 Å². The number of rotatable bonds is 3. The van der Waals surface area contributed by atoms with E-state index in [1.807, 2.05) is 39.1 Å². The van der Waals surface area contributed by atoms with Crippen LogP contribution < -0.4 is 5.73 Å². The summed E-state index contributed by atoms with van der Waals surface area (Å²) in [4.78, 5) is 16.8. The maximum Gasteiger partial charge on any atom is 0.251 e. The van der Waals surface area contributed by atoms with Crippen LogP contribution in [0.25, 0.3) is 22.2 Å². The second-order valence-corrected chi connectivity index (χ2v) is 5.90. The van der Waals surface area contributed by atoms with Gasteiger partial charge in [0.1, 0.15) is 0 Å². The minimum absolute atomic E-state index is 0.420. The molecule has 0 aliphatic carbocycles. The molecule has 0 atom stereocenters. The molecule has 2 aromatic heterocycles. The van der Waals surface area contributed by atoms with Gasteiger partial charge in [-0.15, -0.1) is 0 Å². The average molecular weight is 307 g/mol. The van der Waals surface area contributed by atoms with Crippen molar-refractivity contribution in [2.24, 2.45) is 12.8 Å². The Labute approximate surface area is 136 Å². The van der Waals surface area contributed by atoms with Crippen molar-refractivity contribution in [3.63, 3.8) is 0 Å². The summed E-state index contributed by atoms with van der Waals surface area (Å²) >= 11 is 0. The number of nitrogens with zero attached hydrogens (tertiary/aromatic N) is 2. The lowest BCUT2D eigenvalue weighted by Gasteiger charge is -2.13. The van der Waals surface area contributed by atoms with Crippen molar-refractivity contribution in [1.82, 2.24) is 9.55 Å². The SMILES string of the molecule is CCc1cc(C)nc(-c2c(C)n(C)c3ccccc23)c1C(N)=O. The van der Waals surface area contributed by atoms with Gasteiger partial charge in [-0.05, 0) is 38.0 Å². The number of aromatic nitrogens is 2. The Kier molecular flexibility index (Phi) is 3.68. The van der Waals surface area contributed by atoms with E-state index in [0.29, 0.717) is 11.3 Å². The van der Waals surface area contributed by atoms with E-state index < -0.39 is 5.91 Å². The molecule has 3 rings (SSSR count). The first-order chi connectivity index (χ1) is 11.0. The summed E-state index contributed by atoms with van der Waals surface area (Å²) in [5.74, 6) is -0.420. The molecule has 118 valence electrons. The van der Waals surface area contributed by atoms with Crippen LogP contribution in [0.2, 0.25) is 0 Å². The molecule has 0 saturated heterocycles. The van der Waals surface area contributed by atoms with Crippen molar-refractivity contribution < 1.29 is 4.79 Å². The van der Waals surface area contributed by atoms with Crippen LogP contribution in [0.3, 0.4) is 0 Å². The van der Waals surface area contributed by atoms with Gasteiger partial charge >= 0.3 is 0 Å². The summed E-state index contributed by atoms with van der Waals surface area (Å²) < 4.78 is 2.13. The smallest absolute Gasteiger partial charge is 0.251 e. The van der Waals surface area contributed by atoms with Gasteiger partial charge in [-0.2, -0.15) is 0 Å². The third-order valence-corrected chi connectivity index (χ3v) is 4.49. The number of hydrogen-bond acceptors (Lipinski definition) is 2. The van der Waals surface area contributed by atoms with Gasteiger partial charge < -0.3 is 10.3 Å². The van der Waals surface area contributed by atoms with Crippen molar-refractivity contribution in [3.05, 3.63) is 52.8 Å². The highest BCUT2D eigenvalue weighted by atomic mass is 16.1. The summed E-state index contributed by atoms with van der Waals surface area (Å²) in [7, 11) is 2.03. The second-order valence-electron chi connectivity index (χ2n) is 5.90. The maximum atomic E-state index is 12.1. The molecule has 0 aliphatic rings. The van der Waals surface area contributed by atoms with Gasteiger partial charge in [0.2, 0.25) is 0 Å². The van der Waals surface area contributed by atoms with E-state index in [2.05, 4.69) is 28.6 Å². The highest BCUT2D eigenvalue weighted by Crippen LogP contribution is 2.36. The van der Waals surface area contributed by atoms with Crippen molar-refractivity contribution in [3.8, 4) is 11.3 Å². The molecule has 0 aliphatic heterocycles. The molecule has 1 aromatic carbocycles. The molecule has 3 aromatic rings.